The number of aliphatic hydroxyl groups is 2. The zero-order valence-corrected chi connectivity index (χ0v) is 26.4. The van der Waals surface area contributed by atoms with Crippen LogP contribution in [0.15, 0.2) is 12.2 Å². The second-order valence-electron chi connectivity index (χ2n) is 11.9. The maximum atomic E-state index is 12.3. The van der Waals surface area contributed by atoms with Crippen molar-refractivity contribution < 1.29 is 15.0 Å². The number of carbonyl (C=O) groups excluding carboxylic acids is 1. The van der Waals surface area contributed by atoms with Gasteiger partial charge in [0.25, 0.3) is 0 Å². The summed E-state index contributed by atoms with van der Waals surface area (Å²) in [5.74, 6) is -0.0377. The first-order chi connectivity index (χ1) is 19.2. The summed E-state index contributed by atoms with van der Waals surface area (Å²) >= 11 is 0. The zero-order valence-electron chi connectivity index (χ0n) is 26.4. The van der Waals surface area contributed by atoms with Gasteiger partial charge in [0.1, 0.15) is 0 Å². The molecule has 0 radical (unpaired) electrons. The predicted octanol–water partition coefficient (Wildman–Crippen LogP) is 9.95. The van der Waals surface area contributed by atoms with Gasteiger partial charge in [-0.15, -0.1) is 0 Å². The van der Waals surface area contributed by atoms with Crippen molar-refractivity contribution in [3.05, 3.63) is 12.2 Å². The molecule has 0 heterocycles. The lowest BCUT2D eigenvalue weighted by Crippen LogP contribution is -2.45. The van der Waals surface area contributed by atoms with Gasteiger partial charge in [-0.3, -0.25) is 4.79 Å². The molecule has 4 heteroatoms. The van der Waals surface area contributed by atoms with E-state index in [1.807, 2.05) is 0 Å². The van der Waals surface area contributed by atoms with Gasteiger partial charge in [0.05, 0.1) is 18.8 Å². The van der Waals surface area contributed by atoms with Crippen LogP contribution in [0.2, 0.25) is 0 Å². The van der Waals surface area contributed by atoms with Crippen molar-refractivity contribution in [1.82, 2.24) is 5.32 Å². The molecule has 0 bridgehead atoms. The van der Waals surface area contributed by atoms with Crippen LogP contribution in [0.3, 0.4) is 0 Å². The van der Waals surface area contributed by atoms with Gasteiger partial charge >= 0.3 is 0 Å². The van der Waals surface area contributed by atoms with Gasteiger partial charge in [-0.1, -0.05) is 154 Å². The van der Waals surface area contributed by atoms with E-state index in [0.29, 0.717) is 12.8 Å². The third-order valence-electron chi connectivity index (χ3n) is 8.03. The summed E-state index contributed by atoms with van der Waals surface area (Å²) in [6.07, 6.45) is 36.8. The van der Waals surface area contributed by atoms with Crippen molar-refractivity contribution >= 4 is 5.91 Å². The smallest absolute Gasteiger partial charge is 0.220 e. The lowest BCUT2D eigenvalue weighted by atomic mass is 10.0. The number of unbranched alkanes of at least 4 members (excludes halogenated alkanes) is 22. The summed E-state index contributed by atoms with van der Waals surface area (Å²) in [4.78, 5) is 12.3. The fraction of sp³-hybridized carbons (Fsp3) is 0.914. The summed E-state index contributed by atoms with van der Waals surface area (Å²) in [6.45, 7) is 4.33. The monoisotopic (exact) mass is 552 g/mol. The fourth-order valence-corrected chi connectivity index (χ4v) is 5.29. The molecule has 39 heavy (non-hydrogen) atoms. The molecular formula is C35H69NO3. The predicted molar refractivity (Wildman–Crippen MR) is 170 cm³/mol. The Hall–Kier alpha value is -0.870. The van der Waals surface area contributed by atoms with Crippen molar-refractivity contribution in [2.24, 2.45) is 0 Å². The number of rotatable bonds is 31. The van der Waals surface area contributed by atoms with Gasteiger partial charge in [0.15, 0.2) is 0 Å². The van der Waals surface area contributed by atoms with Crippen molar-refractivity contribution in [2.75, 3.05) is 6.61 Å². The average Bonchev–Trinajstić information content (AvgIpc) is 2.94. The first-order valence-corrected chi connectivity index (χ1v) is 17.4. The van der Waals surface area contributed by atoms with Gasteiger partial charge in [0.2, 0.25) is 5.91 Å². The van der Waals surface area contributed by atoms with E-state index >= 15 is 0 Å². The number of aliphatic hydroxyl groups excluding tert-OH is 2. The van der Waals surface area contributed by atoms with E-state index in [1.165, 1.54) is 135 Å². The Morgan fingerprint density at radius 2 is 0.974 bits per heavy atom. The highest BCUT2D eigenvalue weighted by Crippen LogP contribution is 2.14. The third-order valence-corrected chi connectivity index (χ3v) is 8.03. The SMILES string of the molecule is CCCCCC/C=C\CCCCCCCCCC(=O)NC(CO)C(O)CCCCCCCCCCCCCC. The molecule has 0 saturated carbocycles. The molecule has 0 rings (SSSR count). The van der Waals surface area contributed by atoms with E-state index in [1.54, 1.807) is 0 Å². The minimum Gasteiger partial charge on any atom is -0.394 e. The highest BCUT2D eigenvalue weighted by atomic mass is 16.3. The summed E-state index contributed by atoms with van der Waals surface area (Å²) in [5, 5.41) is 23.0. The summed E-state index contributed by atoms with van der Waals surface area (Å²) in [7, 11) is 0. The molecular weight excluding hydrogens is 482 g/mol. The van der Waals surface area contributed by atoms with Gasteiger partial charge in [0, 0.05) is 6.42 Å². The van der Waals surface area contributed by atoms with Crippen LogP contribution >= 0.6 is 0 Å². The van der Waals surface area contributed by atoms with Crippen LogP contribution in [0.4, 0.5) is 0 Å². The Morgan fingerprint density at radius 1 is 0.590 bits per heavy atom. The second-order valence-corrected chi connectivity index (χ2v) is 11.9. The minimum atomic E-state index is -0.655. The fourth-order valence-electron chi connectivity index (χ4n) is 5.29. The minimum absolute atomic E-state index is 0.0377. The van der Waals surface area contributed by atoms with Crippen LogP contribution in [-0.4, -0.2) is 34.9 Å². The van der Waals surface area contributed by atoms with E-state index in [-0.39, 0.29) is 12.5 Å². The average molecular weight is 552 g/mol. The van der Waals surface area contributed by atoms with Gasteiger partial charge in [-0.2, -0.15) is 0 Å². The largest absolute Gasteiger partial charge is 0.394 e. The number of allylic oxidation sites excluding steroid dienone is 2. The van der Waals surface area contributed by atoms with Crippen molar-refractivity contribution in [3.8, 4) is 0 Å². The molecule has 0 spiro atoms. The number of hydrogen-bond acceptors (Lipinski definition) is 3. The summed E-state index contributed by atoms with van der Waals surface area (Å²) in [5.41, 5.74) is 0. The number of hydrogen-bond donors (Lipinski definition) is 3. The molecule has 0 aromatic heterocycles. The maximum Gasteiger partial charge on any atom is 0.220 e. The molecule has 0 aliphatic heterocycles. The normalized spacial score (nSPS) is 13.2. The van der Waals surface area contributed by atoms with Gasteiger partial charge < -0.3 is 15.5 Å². The van der Waals surface area contributed by atoms with Crippen molar-refractivity contribution in [1.29, 1.82) is 0 Å². The third kappa shape index (κ3) is 28.5. The molecule has 0 aromatic rings. The highest BCUT2D eigenvalue weighted by Gasteiger charge is 2.19. The van der Waals surface area contributed by atoms with E-state index in [4.69, 9.17) is 0 Å². The van der Waals surface area contributed by atoms with Crippen LogP contribution in [0, 0.1) is 0 Å². The molecule has 0 saturated heterocycles. The number of amides is 1. The molecule has 0 aliphatic carbocycles. The Labute approximate surface area is 244 Å². The topological polar surface area (TPSA) is 69.6 Å². The first kappa shape index (κ1) is 38.1. The van der Waals surface area contributed by atoms with E-state index in [9.17, 15) is 15.0 Å². The Balaban J connectivity index is 3.57. The molecule has 1 amide bonds. The lowest BCUT2D eigenvalue weighted by molar-refractivity contribution is -0.123. The van der Waals surface area contributed by atoms with E-state index in [0.717, 1.165) is 25.7 Å². The molecule has 2 atom stereocenters. The molecule has 3 N–H and O–H groups in total. The first-order valence-electron chi connectivity index (χ1n) is 17.4. The van der Waals surface area contributed by atoms with Crippen LogP contribution in [0.25, 0.3) is 0 Å². The molecule has 0 fully saturated rings. The van der Waals surface area contributed by atoms with Crippen molar-refractivity contribution in [2.45, 2.75) is 199 Å². The standard InChI is InChI=1S/C35H69NO3/c1-3-5-7-9-11-13-15-17-18-19-21-23-25-27-29-31-35(39)36-33(32-37)34(38)30-28-26-24-22-20-16-14-12-10-8-6-4-2/h13,15,33-34,37-38H,3-12,14,16-32H2,1-2H3,(H,36,39)/b15-13-. The number of carbonyl (C=O) groups is 1. The quantitative estimate of drug-likeness (QED) is 0.0593. The van der Waals surface area contributed by atoms with Crippen LogP contribution in [0.5, 0.6) is 0 Å². The molecule has 4 nitrogen and oxygen atoms in total. The Morgan fingerprint density at radius 3 is 1.44 bits per heavy atom. The van der Waals surface area contributed by atoms with Crippen LogP contribution in [0.1, 0.15) is 187 Å². The molecule has 232 valence electrons. The maximum absolute atomic E-state index is 12.3. The molecule has 2 unspecified atom stereocenters. The zero-order chi connectivity index (χ0) is 28.7. The molecule has 0 aromatic carbocycles. The summed E-state index contributed by atoms with van der Waals surface area (Å²) < 4.78 is 0. The van der Waals surface area contributed by atoms with Crippen molar-refractivity contribution in [3.63, 3.8) is 0 Å². The Bertz CT molecular complexity index is 522. The number of nitrogens with one attached hydrogen (secondary N) is 1. The highest BCUT2D eigenvalue weighted by molar-refractivity contribution is 5.76. The Kier molecular flexibility index (Phi) is 30.9. The lowest BCUT2D eigenvalue weighted by Gasteiger charge is -2.22. The van der Waals surface area contributed by atoms with Gasteiger partial charge in [-0.25, -0.2) is 0 Å². The van der Waals surface area contributed by atoms with Gasteiger partial charge in [-0.05, 0) is 38.5 Å². The summed E-state index contributed by atoms with van der Waals surface area (Å²) in [6, 6.07) is -0.532. The second kappa shape index (κ2) is 31.7. The van der Waals surface area contributed by atoms with E-state index < -0.39 is 12.1 Å². The molecule has 0 aliphatic rings. The van der Waals surface area contributed by atoms with Crippen LogP contribution < -0.4 is 5.32 Å². The van der Waals surface area contributed by atoms with Crippen LogP contribution in [-0.2, 0) is 4.79 Å². The van der Waals surface area contributed by atoms with E-state index in [2.05, 4.69) is 31.3 Å².